The van der Waals surface area contributed by atoms with E-state index in [2.05, 4.69) is 0 Å². The largest absolute Gasteiger partial charge is 0.328 e. The van der Waals surface area contributed by atoms with Gasteiger partial charge in [-0.1, -0.05) is 19.3 Å². The lowest BCUT2D eigenvalue weighted by Gasteiger charge is -2.35. The fraction of sp³-hybridized carbons (Fsp3) is 0.714. The quantitative estimate of drug-likeness (QED) is 0.774. The van der Waals surface area contributed by atoms with Crippen molar-refractivity contribution in [1.29, 1.82) is 0 Å². The fourth-order valence-corrected chi connectivity index (χ4v) is 3.10. The van der Waals surface area contributed by atoms with E-state index in [9.17, 15) is 9.59 Å². The first-order chi connectivity index (χ1) is 8.57. The number of carbonyl (C=O) groups excluding carboxylic acids is 2. The molecule has 1 saturated carbocycles. The van der Waals surface area contributed by atoms with Crippen LogP contribution in [0.15, 0.2) is 11.1 Å². The lowest BCUT2D eigenvalue weighted by Crippen LogP contribution is -2.49. The molecule has 1 aliphatic carbocycles. The summed E-state index contributed by atoms with van der Waals surface area (Å²) in [5.74, 6) is 0.104. The van der Waals surface area contributed by atoms with E-state index in [0.29, 0.717) is 23.6 Å². The summed E-state index contributed by atoms with van der Waals surface area (Å²) in [6.45, 7) is 3.83. The van der Waals surface area contributed by atoms with Crippen molar-refractivity contribution in [2.75, 3.05) is 6.54 Å². The number of rotatable bonds is 3. The zero-order valence-corrected chi connectivity index (χ0v) is 11.2. The van der Waals surface area contributed by atoms with Gasteiger partial charge in [-0.05, 0) is 32.6 Å². The molecule has 0 saturated heterocycles. The second kappa shape index (κ2) is 5.22. The Morgan fingerprint density at radius 1 is 1.11 bits per heavy atom. The predicted molar refractivity (Wildman–Crippen MR) is 69.6 cm³/mol. The van der Waals surface area contributed by atoms with E-state index in [-0.39, 0.29) is 17.9 Å². The number of nitrogens with two attached hydrogens (primary N) is 1. The second-order valence-electron chi connectivity index (χ2n) is 5.43. The van der Waals surface area contributed by atoms with Crippen molar-refractivity contribution >= 4 is 11.8 Å². The van der Waals surface area contributed by atoms with Gasteiger partial charge in [-0.2, -0.15) is 0 Å². The molecule has 18 heavy (non-hydrogen) atoms. The summed E-state index contributed by atoms with van der Waals surface area (Å²) in [6, 6.07) is -0.113. The number of carbonyl (C=O) groups is 2. The van der Waals surface area contributed by atoms with E-state index >= 15 is 0 Å². The minimum atomic E-state index is -0.140. The summed E-state index contributed by atoms with van der Waals surface area (Å²) in [5.41, 5.74) is 6.99. The molecule has 0 aromatic heterocycles. The number of amides is 2. The number of imide groups is 1. The molecule has 1 atom stereocenters. The van der Waals surface area contributed by atoms with Crippen LogP contribution < -0.4 is 5.73 Å². The average Bonchev–Trinajstić information content (AvgIpc) is 2.59. The Kier molecular flexibility index (Phi) is 3.85. The van der Waals surface area contributed by atoms with E-state index in [1.165, 1.54) is 24.2 Å². The molecular weight excluding hydrogens is 228 g/mol. The molecular formula is C14H22N2O2. The van der Waals surface area contributed by atoms with E-state index in [0.717, 1.165) is 12.8 Å². The Bertz CT molecular complexity index is 371. The summed E-state index contributed by atoms with van der Waals surface area (Å²) in [7, 11) is 0. The molecule has 2 aliphatic rings. The van der Waals surface area contributed by atoms with Crippen LogP contribution in [0.4, 0.5) is 0 Å². The molecule has 2 N–H and O–H groups in total. The van der Waals surface area contributed by atoms with Crippen LogP contribution in [0, 0.1) is 5.92 Å². The summed E-state index contributed by atoms with van der Waals surface area (Å²) >= 11 is 0. The van der Waals surface area contributed by atoms with Crippen LogP contribution in [-0.2, 0) is 9.59 Å². The normalized spacial score (nSPS) is 24.1. The van der Waals surface area contributed by atoms with Crippen molar-refractivity contribution in [2.45, 2.75) is 52.0 Å². The number of hydrogen-bond acceptors (Lipinski definition) is 3. The minimum absolute atomic E-state index is 0.113. The van der Waals surface area contributed by atoms with Crippen molar-refractivity contribution in [3.05, 3.63) is 11.1 Å². The van der Waals surface area contributed by atoms with Gasteiger partial charge >= 0.3 is 0 Å². The Morgan fingerprint density at radius 3 is 2.06 bits per heavy atom. The zero-order chi connectivity index (χ0) is 13.3. The van der Waals surface area contributed by atoms with Gasteiger partial charge in [-0.15, -0.1) is 0 Å². The topological polar surface area (TPSA) is 63.4 Å². The fourth-order valence-electron chi connectivity index (χ4n) is 3.10. The van der Waals surface area contributed by atoms with Crippen LogP contribution in [0.25, 0.3) is 0 Å². The van der Waals surface area contributed by atoms with Gasteiger partial charge in [-0.25, -0.2) is 0 Å². The third kappa shape index (κ3) is 2.09. The van der Waals surface area contributed by atoms with Gasteiger partial charge in [0.25, 0.3) is 11.8 Å². The first-order valence-electron chi connectivity index (χ1n) is 6.83. The zero-order valence-electron chi connectivity index (χ0n) is 11.2. The van der Waals surface area contributed by atoms with E-state index < -0.39 is 0 Å². The Labute approximate surface area is 108 Å². The molecule has 4 nitrogen and oxygen atoms in total. The maximum absolute atomic E-state index is 12.2. The Balaban J connectivity index is 2.19. The van der Waals surface area contributed by atoms with Crippen molar-refractivity contribution in [2.24, 2.45) is 11.7 Å². The molecule has 0 radical (unpaired) electrons. The van der Waals surface area contributed by atoms with Crippen LogP contribution in [-0.4, -0.2) is 29.3 Å². The van der Waals surface area contributed by atoms with Gasteiger partial charge in [0, 0.05) is 17.7 Å². The second-order valence-corrected chi connectivity index (χ2v) is 5.43. The van der Waals surface area contributed by atoms with Crippen LogP contribution in [0.2, 0.25) is 0 Å². The van der Waals surface area contributed by atoms with Crippen LogP contribution >= 0.6 is 0 Å². The molecule has 1 aliphatic heterocycles. The van der Waals surface area contributed by atoms with Gasteiger partial charge in [0.2, 0.25) is 0 Å². The molecule has 1 fully saturated rings. The smallest absolute Gasteiger partial charge is 0.257 e. The number of nitrogens with zero attached hydrogens (tertiary/aromatic N) is 1. The molecule has 1 heterocycles. The van der Waals surface area contributed by atoms with E-state index in [1.807, 2.05) is 0 Å². The Hall–Kier alpha value is -1.16. The highest BCUT2D eigenvalue weighted by atomic mass is 16.2. The van der Waals surface area contributed by atoms with Gasteiger partial charge in [0.05, 0.1) is 6.04 Å². The van der Waals surface area contributed by atoms with Crippen molar-refractivity contribution in [3.8, 4) is 0 Å². The van der Waals surface area contributed by atoms with Crippen molar-refractivity contribution in [1.82, 2.24) is 4.90 Å². The molecule has 4 heteroatoms. The van der Waals surface area contributed by atoms with Gasteiger partial charge in [0.1, 0.15) is 0 Å². The van der Waals surface area contributed by atoms with Crippen LogP contribution in [0.5, 0.6) is 0 Å². The lowest BCUT2D eigenvalue weighted by atomic mass is 9.83. The third-order valence-corrected chi connectivity index (χ3v) is 4.41. The van der Waals surface area contributed by atoms with Crippen LogP contribution in [0.1, 0.15) is 46.0 Å². The average molecular weight is 250 g/mol. The first-order valence-corrected chi connectivity index (χ1v) is 6.83. The minimum Gasteiger partial charge on any atom is -0.328 e. The predicted octanol–water partition coefficient (Wildman–Crippen LogP) is 1.60. The summed E-state index contributed by atoms with van der Waals surface area (Å²) < 4.78 is 0. The summed E-state index contributed by atoms with van der Waals surface area (Å²) in [5, 5.41) is 0. The highest BCUT2D eigenvalue weighted by Crippen LogP contribution is 2.32. The highest BCUT2D eigenvalue weighted by Gasteiger charge is 2.40. The third-order valence-electron chi connectivity index (χ3n) is 4.41. The Morgan fingerprint density at radius 2 is 1.61 bits per heavy atom. The van der Waals surface area contributed by atoms with Crippen molar-refractivity contribution < 1.29 is 9.59 Å². The monoisotopic (exact) mass is 250 g/mol. The van der Waals surface area contributed by atoms with Crippen LogP contribution in [0.3, 0.4) is 0 Å². The molecule has 0 spiro atoms. The van der Waals surface area contributed by atoms with Gasteiger partial charge in [-0.3, -0.25) is 14.5 Å². The maximum atomic E-state index is 12.2. The molecule has 2 amide bonds. The first kappa shape index (κ1) is 13.3. The lowest BCUT2D eigenvalue weighted by molar-refractivity contribution is -0.141. The molecule has 0 aromatic rings. The standard InChI is InChI=1S/C14H22N2O2/c1-9-10(2)14(18)16(13(9)17)12(8-15)11-6-4-3-5-7-11/h11-12H,3-8,15H2,1-2H3. The van der Waals surface area contributed by atoms with E-state index in [4.69, 9.17) is 5.73 Å². The maximum Gasteiger partial charge on any atom is 0.257 e. The van der Waals surface area contributed by atoms with E-state index in [1.54, 1.807) is 13.8 Å². The molecule has 100 valence electrons. The summed E-state index contributed by atoms with van der Waals surface area (Å²) in [6.07, 6.45) is 5.78. The van der Waals surface area contributed by atoms with Crippen molar-refractivity contribution in [3.63, 3.8) is 0 Å². The van der Waals surface area contributed by atoms with Gasteiger partial charge < -0.3 is 5.73 Å². The van der Waals surface area contributed by atoms with Gasteiger partial charge in [0.15, 0.2) is 0 Å². The molecule has 1 unspecified atom stereocenters. The molecule has 2 rings (SSSR count). The molecule has 0 aromatic carbocycles. The summed E-state index contributed by atoms with van der Waals surface area (Å²) in [4.78, 5) is 25.7. The highest BCUT2D eigenvalue weighted by molar-refractivity contribution is 6.19. The SMILES string of the molecule is CC1=C(C)C(=O)N(C(CN)C2CCCCC2)C1=O. The number of hydrogen-bond donors (Lipinski definition) is 1. The molecule has 0 bridgehead atoms.